The number of pyridine rings is 2. The molecule has 6 rings (SSSR count). The predicted molar refractivity (Wildman–Crippen MR) is 139 cm³/mol. The van der Waals surface area contributed by atoms with Crippen molar-refractivity contribution in [3.63, 3.8) is 0 Å². The van der Waals surface area contributed by atoms with Crippen LogP contribution in [0.1, 0.15) is 5.56 Å². The zero-order valence-corrected chi connectivity index (χ0v) is 19.0. The monoisotopic (exact) mass is 452 g/mol. The van der Waals surface area contributed by atoms with E-state index in [-0.39, 0.29) is 0 Å². The van der Waals surface area contributed by atoms with Gasteiger partial charge in [-0.15, -0.1) is 4.70 Å². The number of rotatable bonds is 5. The molecule has 0 unspecified atom stereocenters. The first-order valence-electron chi connectivity index (χ1n) is 11.5. The Hall–Kier alpha value is -4.77. The third-order valence-corrected chi connectivity index (χ3v) is 5.98. The van der Waals surface area contributed by atoms with E-state index in [0.29, 0.717) is 6.54 Å². The van der Waals surface area contributed by atoms with Gasteiger partial charge in [-0.05, 0) is 36.4 Å². The van der Waals surface area contributed by atoms with Gasteiger partial charge in [-0.2, -0.15) is 0 Å². The minimum atomic E-state index is 0.581. The Morgan fingerprint density at radius 3 is 1.86 bits per heavy atom. The summed E-state index contributed by atoms with van der Waals surface area (Å²) in [6, 6.07) is 38.8. The molecular weight excluding hydrogens is 430 g/mol. The molecule has 5 aromatic rings. The summed E-state index contributed by atoms with van der Waals surface area (Å²) >= 11 is 0. The third kappa shape index (κ3) is 4.39. The second-order valence-corrected chi connectivity index (χ2v) is 8.32. The molecule has 1 aliphatic rings. The van der Waals surface area contributed by atoms with Gasteiger partial charge in [0.1, 0.15) is 5.22 Å². The molecule has 0 bridgehead atoms. The fourth-order valence-electron chi connectivity index (χ4n) is 4.18. The lowest BCUT2D eigenvalue weighted by atomic mass is 10.0. The molecule has 0 saturated heterocycles. The summed E-state index contributed by atoms with van der Waals surface area (Å²) in [5.74, 6) is 0. The fraction of sp³-hybridized carbons (Fsp3) is 0.0333. The van der Waals surface area contributed by atoms with Crippen molar-refractivity contribution >= 4 is 11.4 Å². The smallest absolute Gasteiger partial charge is 0.231 e. The fourth-order valence-corrected chi connectivity index (χ4v) is 4.18. The van der Waals surface area contributed by atoms with E-state index in [1.165, 1.54) is 0 Å². The zero-order valence-electron chi connectivity index (χ0n) is 19.0. The van der Waals surface area contributed by atoms with Gasteiger partial charge in [0.15, 0.2) is 12.2 Å². The lowest BCUT2D eigenvalue weighted by molar-refractivity contribution is -0.492. The van der Waals surface area contributed by atoms with Gasteiger partial charge in [0.05, 0.1) is 22.2 Å². The Bertz CT molecular complexity index is 1480. The summed E-state index contributed by atoms with van der Waals surface area (Å²) in [5.41, 5.74) is 8.86. The molecule has 35 heavy (non-hydrogen) atoms. The maximum atomic E-state index is 4.96. The van der Waals surface area contributed by atoms with Crippen LogP contribution in [0.3, 0.4) is 0 Å². The zero-order chi connectivity index (χ0) is 23.5. The van der Waals surface area contributed by atoms with Crippen LogP contribution in [0.25, 0.3) is 33.8 Å². The quantitative estimate of drug-likeness (QED) is 0.270. The van der Waals surface area contributed by atoms with E-state index >= 15 is 0 Å². The molecule has 3 aromatic carbocycles. The lowest BCUT2D eigenvalue weighted by Crippen LogP contribution is -2.12. The van der Waals surface area contributed by atoms with Crippen molar-refractivity contribution < 1.29 is 4.70 Å². The van der Waals surface area contributed by atoms with Crippen LogP contribution >= 0.6 is 0 Å². The van der Waals surface area contributed by atoms with E-state index in [1.54, 1.807) is 0 Å². The van der Waals surface area contributed by atoms with E-state index in [1.807, 2.05) is 77.6 Å². The van der Waals surface area contributed by atoms with Crippen LogP contribution in [0.15, 0.2) is 132 Å². The normalized spacial score (nSPS) is 12.8. The highest BCUT2D eigenvalue weighted by Gasteiger charge is 2.25. The first-order valence-corrected chi connectivity index (χ1v) is 11.5. The SMILES string of the molecule is c1ccc(-c2cc(C3=NN=[N+](c4cccc(-c5ccccn5)c4)C3)cc(-c3ccccc3)n2)cc1. The predicted octanol–water partition coefficient (Wildman–Crippen LogP) is 6.99. The summed E-state index contributed by atoms with van der Waals surface area (Å²) in [6.07, 6.45) is 1.81. The molecule has 166 valence electrons. The van der Waals surface area contributed by atoms with Gasteiger partial charge >= 0.3 is 0 Å². The van der Waals surface area contributed by atoms with Crippen LogP contribution in [-0.4, -0.2) is 26.9 Å². The molecule has 0 spiro atoms. The molecular formula is C30H22N5+. The van der Waals surface area contributed by atoms with Crippen molar-refractivity contribution in [2.24, 2.45) is 10.3 Å². The van der Waals surface area contributed by atoms with Gasteiger partial charge in [0.2, 0.25) is 5.71 Å². The first kappa shape index (κ1) is 20.8. The maximum Gasteiger partial charge on any atom is 0.231 e. The highest BCUT2D eigenvalue weighted by atomic mass is 15.5. The number of nitrogens with zero attached hydrogens (tertiary/aromatic N) is 5. The molecule has 0 amide bonds. The topological polar surface area (TPSA) is 53.5 Å². The maximum absolute atomic E-state index is 4.96. The summed E-state index contributed by atoms with van der Waals surface area (Å²) < 4.78 is 1.92. The molecule has 0 fully saturated rings. The Kier molecular flexibility index (Phi) is 5.49. The molecule has 5 nitrogen and oxygen atoms in total. The van der Waals surface area contributed by atoms with Gasteiger partial charge < -0.3 is 0 Å². The summed E-state index contributed by atoms with van der Waals surface area (Å²) in [4.78, 5) is 9.43. The van der Waals surface area contributed by atoms with E-state index in [4.69, 9.17) is 4.98 Å². The van der Waals surface area contributed by atoms with E-state index in [0.717, 1.165) is 50.7 Å². The minimum absolute atomic E-state index is 0.581. The largest absolute Gasteiger partial charge is 0.256 e. The standard InChI is InChI=1S/C30H22N5/c1-3-10-22(11-4-1)28-19-25(20-29(32-28)23-12-5-2-6-13-23)30-21-35(34-33-30)26-15-9-14-24(18-26)27-16-7-8-17-31-27/h1-20H,21H2/q+1. The Morgan fingerprint density at radius 1 is 0.543 bits per heavy atom. The second kappa shape index (κ2) is 9.23. The van der Waals surface area contributed by atoms with Crippen LogP contribution in [0, 0.1) is 0 Å². The molecule has 0 atom stereocenters. The number of hydrogen-bond donors (Lipinski definition) is 0. The average Bonchev–Trinajstić information content (AvgIpc) is 3.45. The Labute approximate surface area is 203 Å². The van der Waals surface area contributed by atoms with Gasteiger partial charge in [-0.1, -0.05) is 78.9 Å². The molecule has 3 heterocycles. The van der Waals surface area contributed by atoms with Crippen molar-refractivity contribution in [2.45, 2.75) is 0 Å². The Morgan fingerprint density at radius 2 is 1.20 bits per heavy atom. The first-order chi connectivity index (χ1) is 17.3. The molecule has 2 aromatic heterocycles. The molecule has 1 aliphatic heterocycles. The van der Waals surface area contributed by atoms with E-state index in [2.05, 4.69) is 63.8 Å². The van der Waals surface area contributed by atoms with Crippen LogP contribution in [-0.2, 0) is 0 Å². The molecule has 5 heteroatoms. The van der Waals surface area contributed by atoms with E-state index < -0.39 is 0 Å². The summed E-state index contributed by atoms with van der Waals surface area (Å²) in [5, 5.41) is 9.04. The van der Waals surface area contributed by atoms with Crippen LogP contribution in [0.5, 0.6) is 0 Å². The van der Waals surface area contributed by atoms with Crippen LogP contribution < -0.4 is 0 Å². The summed E-state index contributed by atoms with van der Waals surface area (Å²) in [7, 11) is 0. The van der Waals surface area contributed by atoms with Crippen LogP contribution in [0.2, 0.25) is 0 Å². The number of hydrogen-bond acceptors (Lipinski definition) is 4. The lowest BCUT2D eigenvalue weighted by Gasteiger charge is -2.08. The average molecular weight is 453 g/mol. The number of benzene rings is 3. The molecule has 0 N–H and O–H groups in total. The Balaban J connectivity index is 1.33. The highest BCUT2D eigenvalue weighted by Crippen LogP contribution is 2.28. The van der Waals surface area contributed by atoms with Crippen molar-refractivity contribution in [3.8, 4) is 33.8 Å². The van der Waals surface area contributed by atoms with Gasteiger partial charge in [-0.3, -0.25) is 4.98 Å². The van der Waals surface area contributed by atoms with Gasteiger partial charge in [-0.25, -0.2) is 4.98 Å². The van der Waals surface area contributed by atoms with Gasteiger partial charge in [0, 0.05) is 28.5 Å². The van der Waals surface area contributed by atoms with Crippen molar-refractivity contribution in [1.82, 2.24) is 9.97 Å². The van der Waals surface area contributed by atoms with Crippen molar-refractivity contribution in [3.05, 3.63) is 127 Å². The van der Waals surface area contributed by atoms with Crippen molar-refractivity contribution in [1.29, 1.82) is 0 Å². The highest BCUT2D eigenvalue weighted by molar-refractivity contribution is 6.03. The third-order valence-electron chi connectivity index (χ3n) is 5.98. The minimum Gasteiger partial charge on any atom is -0.256 e. The molecule has 0 saturated carbocycles. The van der Waals surface area contributed by atoms with Crippen LogP contribution in [0.4, 0.5) is 5.69 Å². The summed E-state index contributed by atoms with van der Waals surface area (Å²) in [6.45, 7) is 0.581. The second-order valence-electron chi connectivity index (χ2n) is 8.32. The van der Waals surface area contributed by atoms with Crippen molar-refractivity contribution in [2.75, 3.05) is 6.54 Å². The molecule has 0 radical (unpaired) electrons. The van der Waals surface area contributed by atoms with E-state index in [9.17, 15) is 0 Å². The van der Waals surface area contributed by atoms with Gasteiger partial charge in [0.25, 0.3) is 0 Å². The molecule has 0 aliphatic carbocycles. The number of aromatic nitrogens is 2.